The van der Waals surface area contributed by atoms with Crippen LogP contribution in [0.4, 0.5) is 0 Å². The van der Waals surface area contributed by atoms with E-state index in [4.69, 9.17) is 19.0 Å². The molecule has 0 fully saturated rings. The third kappa shape index (κ3) is 6.34. The number of hydrogen-bond acceptors (Lipinski definition) is 5. The van der Waals surface area contributed by atoms with E-state index in [0.717, 1.165) is 39.7 Å². The summed E-state index contributed by atoms with van der Waals surface area (Å²) in [7, 11) is 1.54. The van der Waals surface area contributed by atoms with Crippen molar-refractivity contribution in [2.75, 3.05) is 26.9 Å². The van der Waals surface area contributed by atoms with Crippen LogP contribution in [0.25, 0.3) is 0 Å². The van der Waals surface area contributed by atoms with Crippen LogP contribution in [0.3, 0.4) is 0 Å². The number of oxime groups is 1. The first-order valence-electron chi connectivity index (χ1n) is 9.34. The maximum Gasteiger partial charge on any atom is 0.125 e. The number of rotatable bonds is 10. The van der Waals surface area contributed by atoms with Gasteiger partial charge in [-0.3, -0.25) is 0 Å². The van der Waals surface area contributed by atoms with Crippen LogP contribution in [-0.2, 0) is 4.84 Å². The molecule has 0 unspecified atom stereocenters. The van der Waals surface area contributed by atoms with E-state index in [9.17, 15) is 0 Å². The number of aryl methyl sites for hydroxylation is 2. The summed E-state index contributed by atoms with van der Waals surface area (Å²) in [5.41, 5.74) is 3.91. The maximum atomic E-state index is 5.93. The summed E-state index contributed by atoms with van der Waals surface area (Å²) in [5.74, 6) is 2.52. The fourth-order valence-electron chi connectivity index (χ4n) is 2.75. The molecule has 0 N–H and O–H groups in total. The summed E-state index contributed by atoms with van der Waals surface area (Å²) in [4.78, 5) is 4.79. The number of allylic oxidation sites excluding steroid dienone is 1. The number of hydrogen-bond donors (Lipinski definition) is 0. The van der Waals surface area contributed by atoms with E-state index >= 15 is 0 Å². The van der Waals surface area contributed by atoms with Crippen LogP contribution in [-0.4, -0.2) is 32.6 Å². The molecule has 0 radical (unpaired) electrons. The summed E-state index contributed by atoms with van der Waals surface area (Å²) >= 11 is 0. The van der Waals surface area contributed by atoms with Crippen molar-refractivity contribution in [3.63, 3.8) is 0 Å². The van der Waals surface area contributed by atoms with Gasteiger partial charge in [-0.25, -0.2) is 0 Å². The Balaban J connectivity index is 1.85. The maximum absolute atomic E-state index is 5.93. The minimum atomic E-state index is 0.461. The topological polar surface area (TPSA) is 49.3 Å². The van der Waals surface area contributed by atoms with Crippen LogP contribution >= 0.6 is 0 Å². The van der Waals surface area contributed by atoms with E-state index in [2.05, 4.69) is 5.16 Å². The van der Waals surface area contributed by atoms with Crippen molar-refractivity contribution in [2.45, 2.75) is 27.7 Å². The number of nitrogens with zero attached hydrogens (tertiary/aromatic N) is 1. The van der Waals surface area contributed by atoms with Crippen molar-refractivity contribution in [3.8, 4) is 17.2 Å². The van der Waals surface area contributed by atoms with Crippen LogP contribution in [0, 0.1) is 13.8 Å². The van der Waals surface area contributed by atoms with E-state index in [1.807, 2.05) is 76.2 Å². The molecule has 0 aliphatic carbocycles. The van der Waals surface area contributed by atoms with E-state index in [0.29, 0.717) is 19.8 Å². The first-order chi connectivity index (χ1) is 13.5. The summed E-state index contributed by atoms with van der Waals surface area (Å²) in [5, 5.41) is 3.92. The lowest BCUT2D eigenvalue weighted by atomic mass is 10.1. The standard InChI is InChI=1S/C23H29NO4/c1-6-7-12-26-22-15-17(2)23(18(3)16-22)28-14-13-27-21-10-8-20(9-11-21)19(4)24-25-5/h6-11,15-16H,12-14H2,1-5H3/b7-6+,24-19?. The molecule has 5 heteroatoms. The van der Waals surface area contributed by atoms with Gasteiger partial charge < -0.3 is 19.0 Å². The van der Waals surface area contributed by atoms with Gasteiger partial charge in [-0.05, 0) is 80.8 Å². The predicted octanol–water partition coefficient (Wildman–Crippen LogP) is 5.09. The fraction of sp³-hybridized carbons (Fsp3) is 0.348. The normalized spacial score (nSPS) is 11.5. The fourth-order valence-corrected chi connectivity index (χ4v) is 2.75. The summed E-state index contributed by atoms with van der Waals surface area (Å²) in [6.07, 6.45) is 3.95. The van der Waals surface area contributed by atoms with Gasteiger partial charge in [-0.15, -0.1) is 0 Å². The zero-order chi connectivity index (χ0) is 20.4. The molecule has 0 atom stereocenters. The van der Waals surface area contributed by atoms with Gasteiger partial charge in [0, 0.05) is 0 Å². The van der Waals surface area contributed by atoms with E-state index in [1.165, 1.54) is 7.11 Å². The highest BCUT2D eigenvalue weighted by Crippen LogP contribution is 2.28. The Kier molecular flexibility index (Phi) is 8.40. The monoisotopic (exact) mass is 383 g/mol. The van der Waals surface area contributed by atoms with Gasteiger partial charge in [0.2, 0.25) is 0 Å². The predicted molar refractivity (Wildman–Crippen MR) is 113 cm³/mol. The van der Waals surface area contributed by atoms with Crippen molar-refractivity contribution in [1.82, 2.24) is 0 Å². The molecule has 0 amide bonds. The van der Waals surface area contributed by atoms with Gasteiger partial charge in [-0.2, -0.15) is 0 Å². The van der Waals surface area contributed by atoms with E-state index in [-0.39, 0.29) is 0 Å². The molecular formula is C23H29NO4. The first kappa shape index (κ1) is 21.4. The van der Waals surface area contributed by atoms with Gasteiger partial charge in [-0.1, -0.05) is 17.3 Å². The Morgan fingerprint density at radius 3 is 2.18 bits per heavy atom. The molecule has 0 spiro atoms. The molecule has 2 rings (SSSR count). The average molecular weight is 383 g/mol. The van der Waals surface area contributed by atoms with Gasteiger partial charge in [0.1, 0.15) is 44.2 Å². The minimum Gasteiger partial charge on any atom is -0.490 e. The van der Waals surface area contributed by atoms with Crippen molar-refractivity contribution in [2.24, 2.45) is 5.16 Å². The highest BCUT2D eigenvalue weighted by atomic mass is 16.6. The second-order valence-electron chi connectivity index (χ2n) is 6.35. The lowest BCUT2D eigenvalue weighted by Crippen LogP contribution is -2.10. The molecule has 0 aromatic heterocycles. The molecule has 0 bridgehead atoms. The van der Waals surface area contributed by atoms with Crippen LogP contribution in [0.15, 0.2) is 53.7 Å². The molecule has 150 valence electrons. The number of benzene rings is 2. The van der Waals surface area contributed by atoms with Crippen molar-refractivity contribution >= 4 is 5.71 Å². The molecule has 0 saturated carbocycles. The molecule has 0 aliphatic rings. The summed E-state index contributed by atoms with van der Waals surface area (Å²) < 4.78 is 17.4. The minimum absolute atomic E-state index is 0.461. The molecule has 0 heterocycles. The third-order valence-corrected chi connectivity index (χ3v) is 4.11. The van der Waals surface area contributed by atoms with Crippen LogP contribution in [0.1, 0.15) is 30.5 Å². The quantitative estimate of drug-likeness (QED) is 0.248. The van der Waals surface area contributed by atoms with Crippen LogP contribution in [0.2, 0.25) is 0 Å². The van der Waals surface area contributed by atoms with Crippen LogP contribution < -0.4 is 14.2 Å². The Morgan fingerprint density at radius 1 is 0.929 bits per heavy atom. The first-order valence-corrected chi connectivity index (χ1v) is 9.34. The third-order valence-electron chi connectivity index (χ3n) is 4.11. The molecular weight excluding hydrogens is 354 g/mol. The highest BCUT2D eigenvalue weighted by molar-refractivity contribution is 5.98. The molecule has 0 aliphatic heterocycles. The molecule has 5 nitrogen and oxygen atoms in total. The Labute approximate surface area is 167 Å². The average Bonchev–Trinajstić information content (AvgIpc) is 2.67. The second kappa shape index (κ2) is 11.0. The van der Waals surface area contributed by atoms with Crippen molar-refractivity contribution < 1.29 is 19.0 Å². The largest absolute Gasteiger partial charge is 0.490 e. The smallest absolute Gasteiger partial charge is 0.125 e. The Morgan fingerprint density at radius 2 is 1.57 bits per heavy atom. The zero-order valence-corrected chi connectivity index (χ0v) is 17.3. The van der Waals surface area contributed by atoms with Gasteiger partial charge in [0.15, 0.2) is 0 Å². The van der Waals surface area contributed by atoms with Gasteiger partial charge in [0.25, 0.3) is 0 Å². The van der Waals surface area contributed by atoms with Crippen molar-refractivity contribution in [3.05, 3.63) is 65.2 Å². The Hall–Kier alpha value is -2.95. The summed E-state index contributed by atoms with van der Waals surface area (Å²) in [6, 6.07) is 11.7. The van der Waals surface area contributed by atoms with Crippen molar-refractivity contribution in [1.29, 1.82) is 0 Å². The number of ether oxygens (including phenoxy) is 3. The van der Waals surface area contributed by atoms with E-state index < -0.39 is 0 Å². The van der Waals surface area contributed by atoms with Gasteiger partial charge in [0.05, 0.1) is 5.71 Å². The Bertz CT molecular complexity index is 787. The molecule has 0 saturated heterocycles. The SMILES string of the molecule is C/C=C/COc1cc(C)c(OCCOc2ccc(C(C)=NOC)cc2)c(C)c1. The molecule has 2 aromatic rings. The van der Waals surface area contributed by atoms with Crippen LogP contribution in [0.5, 0.6) is 17.2 Å². The summed E-state index contributed by atoms with van der Waals surface area (Å²) in [6.45, 7) is 9.41. The zero-order valence-electron chi connectivity index (χ0n) is 17.3. The molecule has 28 heavy (non-hydrogen) atoms. The second-order valence-corrected chi connectivity index (χ2v) is 6.35. The highest BCUT2D eigenvalue weighted by Gasteiger charge is 2.07. The lowest BCUT2D eigenvalue weighted by Gasteiger charge is -2.15. The lowest BCUT2D eigenvalue weighted by molar-refractivity contribution is 0.213. The van der Waals surface area contributed by atoms with Gasteiger partial charge >= 0.3 is 0 Å². The van der Waals surface area contributed by atoms with E-state index in [1.54, 1.807) is 0 Å². The molecule has 2 aromatic carbocycles.